The smallest absolute Gasteiger partial charge is 0.258 e. The van der Waals surface area contributed by atoms with Gasteiger partial charge in [-0.05, 0) is 67.1 Å². The molecule has 0 saturated heterocycles. The molecule has 0 saturated carbocycles. The maximum Gasteiger partial charge on any atom is 0.258 e. The van der Waals surface area contributed by atoms with Gasteiger partial charge in [-0.1, -0.05) is 39.0 Å². The van der Waals surface area contributed by atoms with E-state index in [2.05, 4.69) is 27.5 Å². The molecule has 0 aliphatic rings. The first-order valence-electron chi connectivity index (χ1n) is 12.2. The highest BCUT2D eigenvalue weighted by atomic mass is 32.1. The molecule has 3 rings (SSSR count). The number of anilines is 1. The third kappa shape index (κ3) is 6.92. The third-order valence-corrected chi connectivity index (χ3v) is 6.96. The number of hydrogen-bond acceptors (Lipinski definition) is 5. The monoisotopic (exact) mass is 536 g/mol. The number of thiazole rings is 1. The normalized spacial score (nSPS) is 12.0. The van der Waals surface area contributed by atoms with Crippen molar-refractivity contribution < 1.29 is 18.8 Å². The first-order chi connectivity index (χ1) is 17.8. The van der Waals surface area contributed by atoms with E-state index in [0.717, 1.165) is 5.57 Å². The average molecular weight is 537 g/mol. The summed E-state index contributed by atoms with van der Waals surface area (Å²) < 4.78 is 15.1. The van der Waals surface area contributed by atoms with Gasteiger partial charge in [-0.2, -0.15) is 0 Å². The molecule has 0 unspecified atom stereocenters. The van der Waals surface area contributed by atoms with Gasteiger partial charge in [0.15, 0.2) is 5.13 Å². The molecule has 7 nitrogen and oxygen atoms in total. The molecule has 3 aromatic rings. The van der Waals surface area contributed by atoms with Crippen LogP contribution in [0.2, 0.25) is 0 Å². The van der Waals surface area contributed by atoms with Crippen molar-refractivity contribution in [1.29, 1.82) is 0 Å². The van der Waals surface area contributed by atoms with E-state index in [9.17, 15) is 14.4 Å². The van der Waals surface area contributed by atoms with Crippen molar-refractivity contribution in [1.82, 2.24) is 15.6 Å². The predicted octanol–water partition coefficient (Wildman–Crippen LogP) is 5.98. The Balaban J connectivity index is 2.09. The molecule has 0 aliphatic carbocycles. The number of nitrogens with zero attached hydrogens (tertiary/aromatic N) is 1. The summed E-state index contributed by atoms with van der Waals surface area (Å²) >= 11 is 1.24. The molecular weight excluding hydrogens is 503 g/mol. The third-order valence-electron chi connectivity index (χ3n) is 6.27. The van der Waals surface area contributed by atoms with E-state index in [0.29, 0.717) is 16.3 Å². The summed E-state index contributed by atoms with van der Waals surface area (Å²) in [6.07, 6.45) is 1.56. The van der Waals surface area contributed by atoms with E-state index in [1.807, 2.05) is 27.7 Å². The fourth-order valence-electron chi connectivity index (χ4n) is 3.48. The SMILES string of the molecule is C=C(C)CNC(=O)c1ccc(-c2cc(C(=O)N[C@@H](C)C(C)(C)C)cc(F)c2C)c(C(=O)Nc2nccs2)c1. The number of halogens is 1. The highest BCUT2D eigenvalue weighted by molar-refractivity contribution is 7.13. The summed E-state index contributed by atoms with van der Waals surface area (Å²) in [5, 5.41) is 10.5. The predicted molar refractivity (Wildman–Crippen MR) is 150 cm³/mol. The molecule has 0 fully saturated rings. The maximum absolute atomic E-state index is 15.1. The van der Waals surface area contributed by atoms with Gasteiger partial charge in [-0.3, -0.25) is 19.7 Å². The zero-order valence-electron chi connectivity index (χ0n) is 22.5. The van der Waals surface area contributed by atoms with Gasteiger partial charge in [-0.15, -0.1) is 11.3 Å². The minimum absolute atomic E-state index is 0.133. The van der Waals surface area contributed by atoms with E-state index in [1.54, 1.807) is 43.6 Å². The Morgan fingerprint density at radius 2 is 1.76 bits per heavy atom. The number of carbonyl (C=O) groups excluding carboxylic acids is 3. The fraction of sp³-hybridized carbons (Fsp3) is 0.310. The lowest BCUT2D eigenvalue weighted by atomic mass is 9.87. The second-order valence-electron chi connectivity index (χ2n) is 10.4. The number of rotatable bonds is 8. The van der Waals surface area contributed by atoms with Gasteiger partial charge in [-0.25, -0.2) is 9.37 Å². The number of aromatic nitrogens is 1. The number of nitrogens with one attached hydrogen (secondary N) is 3. The van der Waals surface area contributed by atoms with Crippen LogP contribution in [0.25, 0.3) is 11.1 Å². The highest BCUT2D eigenvalue weighted by Gasteiger charge is 2.24. The molecule has 1 aromatic heterocycles. The average Bonchev–Trinajstić information content (AvgIpc) is 3.36. The zero-order valence-corrected chi connectivity index (χ0v) is 23.3. The molecule has 0 spiro atoms. The molecule has 1 heterocycles. The Bertz CT molecular complexity index is 1380. The van der Waals surface area contributed by atoms with Gasteiger partial charge < -0.3 is 10.6 Å². The Morgan fingerprint density at radius 1 is 1.05 bits per heavy atom. The van der Waals surface area contributed by atoms with Crippen molar-refractivity contribution in [2.75, 3.05) is 11.9 Å². The number of benzene rings is 2. The van der Waals surface area contributed by atoms with Crippen LogP contribution >= 0.6 is 11.3 Å². The fourth-order valence-corrected chi connectivity index (χ4v) is 4.00. The number of carbonyl (C=O) groups is 3. The minimum Gasteiger partial charge on any atom is -0.349 e. The molecule has 9 heteroatoms. The summed E-state index contributed by atoms with van der Waals surface area (Å²) in [6.45, 7) is 15.3. The van der Waals surface area contributed by atoms with Crippen LogP contribution in [0.4, 0.5) is 9.52 Å². The Kier molecular flexibility index (Phi) is 8.83. The molecule has 0 radical (unpaired) electrons. The van der Waals surface area contributed by atoms with Crippen molar-refractivity contribution in [3.05, 3.63) is 82.1 Å². The molecule has 0 aliphatic heterocycles. The lowest BCUT2D eigenvalue weighted by Gasteiger charge is -2.28. The van der Waals surface area contributed by atoms with Crippen molar-refractivity contribution in [2.45, 2.75) is 47.6 Å². The summed E-state index contributed by atoms with van der Waals surface area (Å²) in [5.41, 5.74) is 2.14. The second-order valence-corrected chi connectivity index (χ2v) is 11.3. The van der Waals surface area contributed by atoms with Crippen LogP contribution in [-0.2, 0) is 0 Å². The summed E-state index contributed by atoms with van der Waals surface area (Å²) in [4.78, 5) is 43.2. The molecule has 1 atom stereocenters. The quantitative estimate of drug-likeness (QED) is 0.308. The van der Waals surface area contributed by atoms with Crippen LogP contribution < -0.4 is 16.0 Å². The van der Waals surface area contributed by atoms with Crippen LogP contribution in [0.1, 0.15) is 71.3 Å². The van der Waals surface area contributed by atoms with Crippen molar-refractivity contribution in [3.8, 4) is 11.1 Å². The Labute approximate surface area is 226 Å². The Morgan fingerprint density at radius 3 is 2.37 bits per heavy atom. The molecule has 0 bridgehead atoms. The van der Waals surface area contributed by atoms with Crippen molar-refractivity contribution in [2.24, 2.45) is 5.41 Å². The van der Waals surface area contributed by atoms with E-state index in [-0.39, 0.29) is 46.2 Å². The molecule has 2 aromatic carbocycles. The van der Waals surface area contributed by atoms with Gasteiger partial charge in [0, 0.05) is 40.9 Å². The van der Waals surface area contributed by atoms with Crippen LogP contribution in [0.15, 0.2) is 54.1 Å². The number of hydrogen-bond donors (Lipinski definition) is 3. The molecule has 3 amide bonds. The van der Waals surface area contributed by atoms with Gasteiger partial charge in [0.25, 0.3) is 17.7 Å². The lowest BCUT2D eigenvalue weighted by Crippen LogP contribution is -2.41. The second kappa shape index (κ2) is 11.7. The van der Waals surface area contributed by atoms with Gasteiger partial charge >= 0.3 is 0 Å². The van der Waals surface area contributed by atoms with Crippen LogP contribution in [0, 0.1) is 18.2 Å². The van der Waals surface area contributed by atoms with E-state index in [4.69, 9.17) is 0 Å². The summed E-state index contributed by atoms with van der Waals surface area (Å²) in [6, 6.07) is 7.21. The van der Waals surface area contributed by atoms with E-state index < -0.39 is 17.6 Å². The molecule has 200 valence electrons. The minimum atomic E-state index is -0.578. The molecule has 38 heavy (non-hydrogen) atoms. The Hall–Kier alpha value is -3.85. The van der Waals surface area contributed by atoms with Crippen LogP contribution in [0.5, 0.6) is 0 Å². The van der Waals surface area contributed by atoms with E-state index in [1.165, 1.54) is 23.5 Å². The highest BCUT2D eigenvalue weighted by Crippen LogP contribution is 2.32. The van der Waals surface area contributed by atoms with Crippen molar-refractivity contribution in [3.63, 3.8) is 0 Å². The van der Waals surface area contributed by atoms with Crippen molar-refractivity contribution >= 4 is 34.2 Å². The lowest BCUT2D eigenvalue weighted by molar-refractivity contribution is 0.0908. The molecule has 3 N–H and O–H groups in total. The summed E-state index contributed by atoms with van der Waals surface area (Å²) in [7, 11) is 0. The topological polar surface area (TPSA) is 100 Å². The number of amides is 3. The molecular formula is C29H33FN4O3S. The summed E-state index contributed by atoms with van der Waals surface area (Å²) in [5.74, 6) is -1.89. The first-order valence-corrected chi connectivity index (χ1v) is 13.0. The standard InChI is InChI=1S/C29H33FN4O3S/c1-16(2)15-32-25(35)19-8-9-21(23(12-19)27(37)34-28-31-10-11-38-28)22-13-20(14-24(30)17(22)3)26(36)33-18(4)29(5,6)7/h8-14,18H,1,15H2,2-7H3,(H,32,35)(H,33,36)(H,31,34,37)/t18-/m0/s1. The van der Waals surface area contributed by atoms with E-state index >= 15 is 4.39 Å². The van der Waals surface area contributed by atoms with Gasteiger partial charge in [0.2, 0.25) is 0 Å². The maximum atomic E-state index is 15.1. The first kappa shape index (κ1) is 28.7. The zero-order chi connectivity index (χ0) is 28.2. The van der Waals surface area contributed by atoms with Gasteiger partial charge in [0.05, 0.1) is 0 Å². The largest absolute Gasteiger partial charge is 0.349 e. The van der Waals surface area contributed by atoms with Crippen LogP contribution in [-0.4, -0.2) is 35.3 Å². The van der Waals surface area contributed by atoms with Crippen LogP contribution in [0.3, 0.4) is 0 Å². The van der Waals surface area contributed by atoms with Gasteiger partial charge in [0.1, 0.15) is 5.82 Å².